The van der Waals surface area contributed by atoms with Gasteiger partial charge in [0.2, 0.25) is 0 Å². The maximum absolute atomic E-state index is 13.0. The Balaban J connectivity index is 1.77. The molecule has 22 heavy (non-hydrogen) atoms. The third kappa shape index (κ3) is 3.33. The number of hydrogen-bond donors (Lipinski definition) is 0. The average Bonchev–Trinajstić information content (AvgIpc) is 2.80. The molecule has 6 heteroatoms. The fourth-order valence-electron chi connectivity index (χ4n) is 2.86. The van der Waals surface area contributed by atoms with E-state index in [0.29, 0.717) is 5.25 Å². The molecule has 1 aliphatic heterocycles. The van der Waals surface area contributed by atoms with Crippen LogP contribution in [0.5, 0.6) is 0 Å². The second kappa shape index (κ2) is 6.38. The van der Waals surface area contributed by atoms with E-state index in [1.807, 2.05) is 11.6 Å². The highest BCUT2D eigenvalue weighted by Crippen LogP contribution is 2.34. The lowest BCUT2D eigenvalue weighted by molar-refractivity contribution is -0.0265. The van der Waals surface area contributed by atoms with Crippen molar-refractivity contribution in [1.29, 1.82) is 0 Å². The highest BCUT2D eigenvalue weighted by molar-refractivity contribution is 7.99. The van der Waals surface area contributed by atoms with Gasteiger partial charge in [0, 0.05) is 17.9 Å². The number of benzene rings is 1. The molecule has 3 atom stereocenters. The van der Waals surface area contributed by atoms with Crippen LogP contribution in [-0.2, 0) is 11.8 Å². The zero-order chi connectivity index (χ0) is 15.7. The zero-order valence-electron chi connectivity index (χ0n) is 13.0. The zero-order valence-corrected chi connectivity index (χ0v) is 13.8. The van der Waals surface area contributed by atoms with Crippen molar-refractivity contribution < 1.29 is 9.13 Å². The second-order valence-corrected chi connectivity index (χ2v) is 7.11. The molecule has 3 rings (SSSR count). The predicted octanol–water partition coefficient (Wildman–Crippen LogP) is 3.67. The summed E-state index contributed by atoms with van der Waals surface area (Å²) in [7, 11) is 1.95. The molecule has 1 fully saturated rings. The van der Waals surface area contributed by atoms with Crippen molar-refractivity contribution in [1.82, 2.24) is 14.8 Å². The van der Waals surface area contributed by atoms with Gasteiger partial charge in [-0.3, -0.25) is 0 Å². The Morgan fingerprint density at radius 1 is 1.14 bits per heavy atom. The molecule has 1 unspecified atom stereocenters. The molecule has 0 radical (unpaired) electrons. The number of ether oxygens (including phenoxy) is 1. The average molecular weight is 321 g/mol. The lowest BCUT2D eigenvalue weighted by atomic mass is 10.1. The predicted molar refractivity (Wildman–Crippen MR) is 85.3 cm³/mol. The summed E-state index contributed by atoms with van der Waals surface area (Å²) in [5.41, 5.74) is 0.872. The van der Waals surface area contributed by atoms with Crippen molar-refractivity contribution in [3.05, 3.63) is 30.1 Å². The molecule has 0 saturated carbocycles. The molecule has 4 nitrogen and oxygen atoms in total. The number of hydrogen-bond acceptors (Lipinski definition) is 4. The van der Waals surface area contributed by atoms with Crippen molar-refractivity contribution >= 4 is 11.8 Å². The van der Waals surface area contributed by atoms with E-state index < -0.39 is 0 Å². The molecule has 1 aromatic carbocycles. The molecule has 1 aliphatic rings. The summed E-state index contributed by atoms with van der Waals surface area (Å²) in [5, 5.41) is 9.94. The van der Waals surface area contributed by atoms with Gasteiger partial charge in [0.25, 0.3) is 0 Å². The highest BCUT2D eigenvalue weighted by atomic mass is 32.2. The summed E-state index contributed by atoms with van der Waals surface area (Å²) >= 11 is 1.75. The van der Waals surface area contributed by atoms with Gasteiger partial charge in [-0.2, -0.15) is 0 Å². The lowest BCUT2D eigenvalue weighted by Crippen LogP contribution is -2.30. The van der Waals surface area contributed by atoms with Crippen LogP contribution in [-0.4, -0.2) is 32.2 Å². The quantitative estimate of drug-likeness (QED) is 0.865. The Morgan fingerprint density at radius 2 is 1.77 bits per heavy atom. The summed E-state index contributed by atoms with van der Waals surface area (Å²) in [6.45, 7) is 4.23. The van der Waals surface area contributed by atoms with E-state index in [1.165, 1.54) is 12.1 Å². The first kappa shape index (κ1) is 15.5. The van der Waals surface area contributed by atoms with Crippen LogP contribution in [0.15, 0.2) is 29.4 Å². The van der Waals surface area contributed by atoms with Crippen LogP contribution in [0.3, 0.4) is 0 Å². The first-order valence-corrected chi connectivity index (χ1v) is 8.38. The Morgan fingerprint density at radius 3 is 2.41 bits per heavy atom. The Kier molecular flexibility index (Phi) is 4.49. The summed E-state index contributed by atoms with van der Waals surface area (Å²) in [6.07, 6.45) is 2.61. The topological polar surface area (TPSA) is 39.9 Å². The van der Waals surface area contributed by atoms with Crippen molar-refractivity contribution in [3.8, 4) is 11.4 Å². The molecule has 1 saturated heterocycles. The van der Waals surface area contributed by atoms with E-state index in [0.717, 1.165) is 29.4 Å². The van der Waals surface area contributed by atoms with Crippen LogP contribution in [0.25, 0.3) is 11.4 Å². The fraction of sp³-hybridized carbons (Fsp3) is 0.500. The molecule has 0 bridgehead atoms. The summed E-state index contributed by atoms with van der Waals surface area (Å²) in [5.74, 6) is 0.515. The normalized spacial score (nSPS) is 25.4. The number of rotatable bonds is 3. The smallest absolute Gasteiger partial charge is 0.191 e. The molecule has 0 amide bonds. The Bertz CT molecular complexity index is 633. The van der Waals surface area contributed by atoms with Gasteiger partial charge in [0.05, 0.1) is 12.2 Å². The Labute approximate surface area is 134 Å². The third-order valence-corrected chi connectivity index (χ3v) is 5.15. The SMILES string of the molecule is C[C@@H]1CC(Sc2nnc(-c3ccc(F)cc3)n2C)C[C@H](C)O1. The molecular weight excluding hydrogens is 301 g/mol. The van der Waals surface area contributed by atoms with E-state index in [2.05, 4.69) is 24.0 Å². The van der Waals surface area contributed by atoms with Gasteiger partial charge < -0.3 is 9.30 Å². The van der Waals surface area contributed by atoms with Crippen LogP contribution < -0.4 is 0 Å². The number of halogens is 1. The van der Waals surface area contributed by atoms with E-state index in [9.17, 15) is 4.39 Å². The molecule has 2 heterocycles. The third-order valence-electron chi connectivity index (χ3n) is 3.86. The Hall–Kier alpha value is -1.40. The summed E-state index contributed by atoms with van der Waals surface area (Å²) in [4.78, 5) is 0. The number of nitrogens with zero attached hydrogens (tertiary/aromatic N) is 3. The van der Waals surface area contributed by atoms with Crippen LogP contribution in [0.4, 0.5) is 4.39 Å². The first-order valence-electron chi connectivity index (χ1n) is 7.50. The monoisotopic (exact) mass is 321 g/mol. The van der Waals surface area contributed by atoms with Gasteiger partial charge in [-0.25, -0.2) is 4.39 Å². The molecule has 0 spiro atoms. The van der Waals surface area contributed by atoms with E-state index in [-0.39, 0.29) is 18.0 Å². The van der Waals surface area contributed by atoms with Crippen molar-refractivity contribution in [2.24, 2.45) is 7.05 Å². The van der Waals surface area contributed by atoms with Gasteiger partial charge in [-0.1, -0.05) is 11.8 Å². The van der Waals surface area contributed by atoms with Crippen molar-refractivity contribution in [3.63, 3.8) is 0 Å². The van der Waals surface area contributed by atoms with Crippen molar-refractivity contribution in [2.75, 3.05) is 0 Å². The fourth-order valence-corrected chi connectivity index (χ4v) is 4.22. The molecule has 0 N–H and O–H groups in total. The molecule has 0 aliphatic carbocycles. The van der Waals surface area contributed by atoms with Gasteiger partial charge in [0.15, 0.2) is 11.0 Å². The lowest BCUT2D eigenvalue weighted by Gasteiger charge is -2.31. The molecule has 1 aromatic heterocycles. The van der Waals surface area contributed by atoms with Gasteiger partial charge in [0.1, 0.15) is 5.82 Å². The minimum absolute atomic E-state index is 0.245. The van der Waals surface area contributed by atoms with Gasteiger partial charge in [-0.05, 0) is 51.0 Å². The van der Waals surface area contributed by atoms with E-state index in [1.54, 1.807) is 23.9 Å². The summed E-state index contributed by atoms with van der Waals surface area (Å²) < 4.78 is 20.8. The van der Waals surface area contributed by atoms with Crippen LogP contribution in [0, 0.1) is 5.82 Å². The van der Waals surface area contributed by atoms with E-state index >= 15 is 0 Å². The number of aromatic nitrogens is 3. The molecular formula is C16H20FN3OS. The van der Waals surface area contributed by atoms with E-state index in [4.69, 9.17) is 4.74 Å². The standard InChI is InChI=1S/C16H20FN3OS/c1-10-8-14(9-11(2)21-10)22-16-19-18-15(20(16)3)12-4-6-13(17)7-5-12/h4-7,10-11,14H,8-9H2,1-3H3/t10-,11+,14?. The van der Waals surface area contributed by atoms with Crippen LogP contribution >= 0.6 is 11.8 Å². The second-order valence-electron chi connectivity index (χ2n) is 5.84. The minimum atomic E-state index is -0.245. The largest absolute Gasteiger partial charge is 0.375 e. The van der Waals surface area contributed by atoms with Gasteiger partial charge >= 0.3 is 0 Å². The molecule has 118 valence electrons. The van der Waals surface area contributed by atoms with Crippen LogP contribution in [0.1, 0.15) is 26.7 Å². The maximum atomic E-state index is 13.0. The number of thioether (sulfide) groups is 1. The minimum Gasteiger partial charge on any atom is -0.375 e. The first-order chi connectivity index (χ1) is 10.5. The highest BCUT2D eigenvalue weighted by Gasteiger charge is 2.27. The summed E-state index contributed by atoms with van der Waals surface area (Å²) in [6, 6.07) is 6.34. The maximum Gasteiger partial charge on any atom is 0.191 e. The molecule has 2 aromatic rings. The van der Waals surface area contributed by atoms with Crippen LogP contribution in [0.2, 0.25) is 0 Å². The van der Waals surface area contributed by atoms with Crippen molar-refractivity contribution in [2.45, 2.75) is 49.3 Å². The van der Waals surface area contributed by atoms with Gasteiger partial charge in [-0.15, -0.1) is 10.2 Å².